The molecule has 2 aromatic rings. The topological polar surface area (TPSA) is 61.0 Å². The highest BCUT2D eigenvalue weighted by Crippen LogP contribution is 2.27. The number of nitrogens with one attached hydrogen (secondary N) is 2. The molecule has 1 aromatic carbocycles. The van der Waals surface area contributed by atoms with Crippen molar-refractivity contribution in [1.29, 1.82) is 0 Å². The molecule has 1 aromatic heterocycles. The fourth-order valence-electron chi connectivity index (χ4n) is 3.46. The number of piperidine rings is 3. The third-order valence-corrected chi connectivity index (χ3v) is 4.68. The number of benzene rings is 1. The maximum absolute atomic E-state index is 12.4. The van der Waals surface area contributed by atoms with Crippen LogP contribution in [-0.2, 0) is 0 Å². The average Bonchev–Trinajstić information content (AvgIpc) is 2.96. The molecule has 0 saturated carbocycles. The van der Waals surface area contributed by atoms with Gasteiger partial charge in [0.2, 0.25) is 0 Å². The Bertz CT molecular complexity index is 642. The van der Waals surface area contributed by atoms with E-state index in [9.17, 15) is 4.79 Å². The van der Waals surface area contributed by atoms with Gasteiger partial charge in [0, 0.05) is 23.5 Å². The smallest absolute Gasteiger partial charge is 0.251 e. The van der Waals surface area contributed by atoms with Gasteiger partial charge in [-0.1, -0.05) is 6.07 Å². The highest BCUT2D eigenvalue weighted by molar-refractivity contribution is 5.97. The SMILES string of the molecule is O=C(N[C@@H]1CN2CCC1CC2)c1ccc2cn[nH]c2c1. The van der Waals surface area contributed by atoms with Gasteiger partial charge in [0.05, 0.1) is 11.7 Å². The summed E-state index contributed by atoms with van der Waals surface area (Å²) < 4.78 is 0. The van der Waals surface area contributed by atoms with Gasteiger partial charge in [-0.3, -0.25) is 9.89 Å². The molecular formula is C15H18N4O. The van der Waals surface area contributed by atoms with Crippen molar-refractivity contribution in [1.82, 2.24) is 20.4 Å². The van der Waals surface area contributed by atoms with E-state index in [1.807, 2.05) is 18.2 Å². The van der Waals surface area contributed by atoms with Crippen molar-refractivity contribution < 1.29 is 4.79 Å². The Kier molecular flexibility index (Phi) is 2.73. The molecule has 2 bridgehead atoms. The first-order valence-corrected chi connectivity index (χ1v) is 7.26. The number of aromatic amines is 1. The van der Waals surface area contributed by atoms with E-state index in [0.717, 1.165) is 17.4 Å². The molecule has 5 heteroatoms. The van der Waals surface area contributed by atoms with E-state index < -0.39 is 0 Å². The number of amides is 1. The molecule has 3 saturated heterocycles. The molecule has 2 N–H and O–H groups in total. The number of rotatable bonds is 2. The number of hydrogen-bond acceptors (Lipinski definition) is 3. The zero-order valence-corrected chi connectivity index (χ0v) is 11.3. The minimum atomic E-state index is 0.0280. The Morgan fingerprint density at radius 3 is 2.95 bits per heavy atom. The zero-order chi connectivity index (χ0) is 13.5. The van der Waals surface area contributed by atoms with E-state index in [1.54, 1.807) is 6.20 Å². The first kappa shape index (κ1) is 11.9. The fourth-order valence-corrected chi connectivity index (χ4v) is 3.46. The molecule has 1 amide bonds. The third-order valence-electron chi connectivity index (χ3n) is 4.68. The third kappa shape index (κ3) is 1.98. The van der Waals surface area contributed by atoms with Gasteiger partial charge in [-0.05, 0) is 44.0 Å². The molecule has 3 aliphatic rings. The standard InChI is InChI=1S/C15H18N4O/c20-15(11-1-2-12-8-16-18-13(12)7-11)17-14-9-19-5-3-10(14)4-6-19/h1-2,7-8,10,14H,3-6,9H2,(H,16,18)(H,17,20)/t14-/m1/s1. The molecule has 0 radical (unpaired) electrons. The quantitative estimate of drug-likeness (QED) is 0.867. The molecule has 0 aliphatic carbocycles. The lowest BCUT2D eigenvalue weighted by atomic mass is 9.84. The van der Waals surface area contributed by atoms with Crippen LogP contribution >= 0.6 is 0 Å². The lowest BCUT2D eigenvalue weighted by Crippen LogP contribution is -2.57. The molecule has 4 heterocycles. The summed E-state index contributed by atoms with van der Waals surface area (Å²) in [5.41, 5.74) is 1.62. The Balaban J connectivity index is 1.52. The van der Waals surface area contributed by atoms with Gasteiger partial charge in [-0.2, -0.15) is 5.10 Å². The van der Waals surface area contributed by atoms with Crippen LogP contribution in [-0.4, -0.2) is 46.7 Å². The minimum absolute atomic E-state index is 0.0280. The van der Waals surface area contributed by atoms with Crippen molar-refractivity contribution in [3.05, 3.63) is 30.0 Å². The van der Waals surface area contributed by atoms with Crippen molar-refractivity contribution in [3.8, 4) is 0 Å². The molecule has 5 rings (SSSR count). The predicted octanol–water partition coefficient (Wildman–Crippen LogP) is 1.39. The highest BCUT2D eigenvalue weighted by Gasteiger charge is 2.34. The summed E-state index contributed by atoms with van der Waals surface area (Å²) in [6.07, 6.45) is 4.19. The van der Waals surface area contributed by atoms with Crippen molar-refractivity contribution in [2.45, 2.75) is 18.9 Å². The molecule has 104 valence electrons. The number of H-pyrrole nitrogens is 1. The first-order valence-electron chi connectivity index (χ1n) is 7.26. The number of aromatic nitrogens is 2. The summed E-state index contributed by atoms with van der Waals surface area (Å²) in [6.45, 7) is 3.39. The van der Waals surface area contributed by atoms with E-state index >= 15 is 0 Å². The number of carbonyl (C=O) groups excluding carboxylic acids is 1. The van der Waals surface area contributed by atoms with Crippen LogP contribution in [0.4, 0.5) is 0 Å². The monoisotopic (exact) mass is 270 g/mol. The van der Waals surface area contributed by atoms with E-state index in [0.29, 0.717) is 17.5 Å². The van der Waals surface area contributed by atoms with Crippen LogP contribution in [0.25, 0.3) is 10.9 Å². The second-order valence-electron chi connectivity index (χ2n) is 5.89. The minimum Gasteiger partial charge on any atom is -0.348 e. The zero-order valence-electron chi connectivity index (χ0n) is 11.3. The van der Waals surface area contributed by atoms with Gasteiger partial charge >= 0.3 is 0 Å². The Labute approximate surface area is 117 Å². The maximum Gasteiger partial charge on any atom is 0.251 e. The van der Waals surface area contributed by atoms with Gasteiger partial charge in [-0.15, -0.1) is 0 Å². The van der Waals surface area contributed by atoms with Gasteiger partial charge in [0.25, 0.3) is 5.91 Å². The van der Waals surface area contributed by atoms with Crippen LogP contribution in [0.3, 0.4) is 0 Å². The molecule has 3 aliphatic heterocycles. The average molecular weight is 270 g/mol. The Hall–Kier alpha value is -1.88. The van der Waals surface area contributed by atoms with E-state index in [-0.39, 0.29) is 5.91 Å². The van der Waals surface area contributed by atoms with Crippen molar-refractivity contribution in [3.63, 3.8) is 0 Å². The summed E-state index contributed by atoms with van der Waals surface area (Å²) in [5, 5.41) is 11.1. The fraction of sp³-hybridized carbons (Fsp3) is 0.467. The van der Waals surface area contributed by atoms with Gasteiger partial charge in [-0.25, -0.2) is 0 Å². The van der Waals surface area contributed by atoms with E-state index in [2.05, 4.69) is 20.4 Å². The summed E-state index contributed by atoms with van der Waals surface area (Å²) in [4.78, 5) is 14.8. The molecule has 0 spiro atoms. The first-order chi connectivity index (χ1) is 9.79. The van der Waals surface area contributed by atoms with Crippen LogP contribution in [0.2, 0.25) is 0 Å². The number of hydrogen-bond donors (Lipinski definition) is 2. The normalized spacial score (nSPS) is 28.7. The molecule has 0 unspecified atom stereocenters. The lowest BCUT2D eigenvalue weighted by molar-refractivity contribution is 0.0620. The van der Waals surface area contributed by atoms with E-state index in [4.69, 9.17) is 0 Å². The van der Waals surface area contributed by atoms with Crippen molar-refractivity contribution in [2.75, 3.05) is 19.6 Å². The number of carbonyl (C=O) groups is 1. The summed E-state index contributed by atoms with van der Waals surface area (Å²) >= 11 is 0. The summed E-state index contributed by atoms with van der Waals surface area (Å²) in [7, 11) is 0. The lowest BCUT2D eigenvalue weighted by Gasteiger charge is -2.44. The van der Waals surface area contributed by atoms with Crippen LogP contribution in [0.15, 0.2) is 24.4 Å². The molecule has 1 atom stereocenters. The van der Waals surface area contributed by atoms with Crippen LogP contribution in [0.1, 0.15) is 23.2 Å². The summed E-state index contributed by atoms with van der Waals surface area (Å²) in [6, 6.07) is 5.99. The van der Waals surface area contributed by atoms with Crippen molar-refractivity contribution >= 4 is 16.8 Å². The molecular weight excluding hydrogens is 252 g/mol. The number of fused-ring (bicyclic) bond motifs is 4. The Morgan fingerprint density at radius 2 is 2.20 bits per heavy atom. The molecule has 5 nitrogen and oxygen atoms in total. The van der Waals surface area contributed by atoms with Crippen LogP contribution in [0, 0.1) is 5.92 Å². The number of nitrogens with zero attached hydrogens (tertiary/aromatic N) is 2. The largest absolute Gasteiger partial charge is 0.348 e. The molecule has 3 fully saturated rings. The van der Waals surface area contributed by atoms with Crippen LogP contribution < -0.4 is 5.32 Å². The maximum atomic E-state index is 12.4. The van der Waals surface area contributed by atoms with E-state index in [1.165, 1.54) is 25.9 Å². The molecule has 20 heavy (non-hydrogen) atoms. The highest BCUT2D eigenvalue weighted by atomic mass is 16.1. The predicted molar refractivity (Wildman–Crippen MR) is 76.5 cm³/mol. The Morgan fingerprint density at radius 1 is 1.35 bits per heavy atom. The van der Waals surface area contributed by atoms with Gasteiger partial charge in [0.1, 0.15) is 0 Å². The van der Waals surface area contributed by atoms with Crippen molar-refractivity contribution in [2.24, 2.45) is 5.92 Å². The second kappa shape index (κ2) is 4.59. The summed E-state index contributed by atoms with van der Waals surface area (Å²) in [5.74, 6) is 0.681. The van der Waals surface area contributed by atoms with Crippen LogP contribution in [0.5, 0.6) is 0 Å². The van der Waals surface area contributed by atoms with Gasteiger partial charge in [0.15, 0.2) is 0 Å². The second-order valence-corrected chi connectivity index (χ2v) is 5.89. The van der Waals surface area contributed by atoms with Gasteiger partial charge < -0.3 is 10.2 Å².